The average molecular weight is 265 g/mol. The summed E-state index contributed by atoms with van der Waals surface area (Å²) in [6.45, 7) is 9.89. The highest BCUT2D eigenvalue weighted by Crippen LogP contribution is 2.12. The molecule has 0 aromatic carbocycles. The van der Waals surface area contributed by atoms with E-state index >= 15 is 0 Å². The molecule has 1 aromatic heterocycles. The van der Waals surface area contributed by atoms with Crippen LogP contribution in [0.1, 0.15) is 37.9 Å². The lowest BCUT2D eigenvalue weighted by Gasteiger charge is -2.17. The van der Waals surface area contributed by atoms with Crippen LogP contribution in [-0.2, 0) is 13.1 Å². The van der Waals surface area contributed by atoms with E-state index in [0.29, 0.717) is 12.6 Å². The molecule has 1 rings (SSSR count). The molecule has 0 unspecified atom stereocenters. The average Bonchev–Trinajstić information content (AvgIpc) is 2.75. The van der Waals surface area contributed by atoms with Crippen LogP contribution in [0.4, 0.5) is 0 Å². The van der Waals surface area contributed by atoms with Gasteiger partial charge >= 0.3 is 0 Å². The van der Waals surface area contributed by atoms with Gasteiger partial charge in [0.2, 0.25) is 0 Å². The molecule has 0 amide bonds. The van der Waals surface area contributed by atoms with Crippen molar-refractivity contribution < 1.29 is 0 Å². The van der Waals surface area contributed by atoms with E-state index in [9.17, 15) is 0 Å². The minimum atomic E-state index is 0.496. The number of nitrogens with zero attached hydrogens (tertiary/aromatic N) is 2. The van der Waals surface area contributed by atoms with Gasteiger partial charge < -0.3 is 5.32 Å². The van der Waals surface area contributed by atoms with E-state index in [1.165, 1.54) is 0 Å². The molecule has 4 heteroatoms. The van der Waals surface area contributed by atoms with E-state index in [2.05, 4.69) is 47.3 Å². The van der Waals surface area contributed by atoms with Gasteiger partial charge in [-0.25, -0.2) is 4.98 Å². The van der Waals surface area contributed by atoms with Crippen molar-refractivity contribution in [3.63, 3.8) is 0 Å². The molecule has 0 saturated heterocycles. The Bertz CT molecular complexity index is 379. The van der Waals surface area contributed by atoms with E-state index in [0.717, 1.165) is 36.8 Å². The van der Waals surface area contributed by atoms with Crippen molar-refractivity contribution in [2.24, 2.45) is 0 Å². The molecule has 100 valence electrons. The van der Waals surface area contributed by atoms with Gasteiger partial charge in [0.15, 0.2) is 0 Å². The van der Waals surface area contributed by atoms with Crippen LogP contribution in [0.2, 0.25) is 0 Å². The predicted octanol–water partition coefficient (Wildman–Crippen LogP) is 2.49. The third-order valence-electron chi connectivity index (χ3n) is 2.50. The fraction of sp³-hybridized carbons (Fsp3) is 0.643. The first-order valence-electron chi connectivity index (χ1n) is 6.48. The Morgan fingerprint density at radius 3 is 2.94 bits per heavy atom. The van der Waals surface area contributed by atoms with Crippen LogP contribution >= 0.6 is 11.3 Å². The molecule has 0 fully saturated rings. The Labute approximate surface area is 115 Å². The highest BCUT2D eigenvalue weighted by Gasteiger charge is 2.07. The molecule has 1 N–H and O–H groups in total. The van der Waals surface area contributed by atoms with Crippen molar-refractivity contribution in [2.75, 3.05) is 13.1 Å². The molecule has 0 radical (unpaired) electrons. The van der Waals surface area contributed by atoms with Crippen molar-refractivity contribution in [2.45, 2.75) is 46.3 Å². The normalized spacial score (nSPS) is 11.1. The Morgan fingerprint density at radius 1 is 1.56 bits per heavy atom. The minimum Gasteiger partial charge on any atom is -0.308 e. The quantitative estimate of drug-likeness (QED) is 0.732. The maximum absolute atomic E-state index is 5.38. The first kappa shape index (κ1) is 15.2. The number of thiazole rings is 1. The van der Waals surface area contributed by atoms with Gasteiger partial charge in [0, 0.05) is 24.5 Å². The number of hydrogen-bond acceptors (Lipinski definition) is 4. The van der Waals surface area contributed by atoms with Crippen LogP contribution in [0.5, 0.6) is 0 Å². The van der Waals surface area contributed by atoms with Crippen molar-refractivity contribution in [1.82, 2.24) is 15.2 Å². The first-order valence-corrected chi connectivity index (χ1v) is 7.36. The zero-order valence-corrected chi connectivity index (χ0v) is 12.4. The molecule has 0 spiro atoms. The Kier molecular flexibility index (Phi) is 6.96. The third kappa shape index (κ3) is 5.63. The summed E-state index contributed by atoms with van der Waals surface area (Å²) in [6.07, 6.45) is 6.50. The van der Waals surface area contributed by atoms with Gasteiger partial charge in [-0.1, -0.05) is 26.7 Å². The van der Waals surface area contributed by atoms with Crippen LogP contribution in [-0.4, -0.2) is 29.0 Å². The van der Waals surface area contributed by atoms with Gasteiger partial charge in [0.25, 0.3) is 0 Å². The second-order valence-corrected chi connectivity index (χ2v) is 5.63. The van der Waals surface area contributed by atoms with Gasteiger partial charge in [-0.2, -0.15) is 0 Å². The molecule has 0 aliphatic carbocycles. The largest absolute Gasteiger partial charge is 0.308 e. The molecule has 0 saturated carbocycles. The maximum Gasteiger partial charge on any atom is 0.107 e. The van der Waals surface area contributed by atoms with E-state index in [1.807, 2.05) is 0 Å². The SMILES string of the molecule is C#CCN(CCC)Cc1csc(CNC(C)C)n1. The van der Waals surface area contributed by atoms with Gasteiger partial charge in [0.1, 0.15) is 5.01 Å². The van der Waals surface area contributed by atoms with E-state index in [-0.39, 0.29) is 0 Å². The number of terminal acetylenes is 1. The smallest absolute Gasteiger partial charge is 0.107 e. The number of aromatic nitrogens is 1. The topological polar surface area (TPSA) is 28.2 Å². The molecule has 1 heterocycles. The first-order chi connectivity index (χ1) is 8.65. The second kappa shape index (κ2) is 8.25. The third-order valence-corrected chi connectivity index (χ3v) is 3.40. The predicted molar refractivity (Wildman–Crippen MR) is 78.5 cm³/mol. The summed E-state index contributed by atoms with van der Waals surface area (Å²) in [5, 5.41) is 6.67. The second-order valence-electron chi connectivity index (χ2n) is 4.68. The molecular weight excluding hydrogens is 242 g/mol. The zero-order valence-electron chi connectivity index (χ0n) is 11.6. The van der Waals surface area contributed by atoms with Crippen molar-refractivity contribution >= 4 is 11.3 Å². The van der Waals surface area contributed by atoms with Gasteiger partial charge in [-0.05, 0) is 13.0 Å². The summed E-state index contributed by atoms with van der Waals surface area (Å²) >= 11 is 1.72. The molecule has 0 aliphatic rings. The summed E-state index contributed by atoms with van der Waals surface area (Å²) in [5.74, 6) is 2.71. The summed E-state index contributed by atoms with van der Waals surface area (Å²) in [7, 11) is 0. The van der Waals surface area contributed by atoms with Crippen LogP contribution in [0.25, 0.3) is 0 Å². The van der Waals surface area contributed by atoms with Crippen molar-refractivity contribution in [1.29, 1.82) is 0 Å². The Balaban J connectivity index is 2.48. The molecular formula is C14H23N3S. The summed E-state index contributed by atoms with van der Waals surface area (Å²) in [4.78, 5) is 6.89. The summed E-state index contributed by atoms with van der Waals surface area (Å²) in [5.41, 5.74) is 1.13. The molecule has 0 atom stereocenters. The zero-order chi connectivity index (χ0) is 13.4. The summed E-state index contributed by atoms with van der Waals surface area (Å²) < 4.78 is 0. The number of hydrogen-bond donors (Lipinski definition) is 1. The Morgan fingerprint density at radius 2 is 2.33 bits per heavy atom. The van der Waals surface area contributed by atoms with E-state index in [4.69, 9.17) is 6.42 Å². The van der Waals surface area contributed by atoms with Crippen LogP contribution in [0, 0.1) is 12.3 Å². The van der Waals surface area contributed by atoms with Crippen molar-refractivity contribution in [3.05, 3.63) is 16.1 Å². The van der Waals surface area contributed by atoms with Crippen LogP contribution in [0.3, 0.4) is 0 Å². The molecule has 18 heavy (non-hydrogen) atoms. The van der Waals surface area contributed by atoms with Crippen LogP contribution in [0.15, 0.2) is 5.38 Å². The standard InChI is InChI=1S/C14H23N3S/c1-5-7-17(8-6-2)10-13-11-18-14(16-13)9-15-12(3)4/h1,11-12,15H,6-10H2,2-4H3. The lowest BCUT2D eigenvalue weighted by Crippen LogP contribution is -2.25. The van der Waals surface area contributed by atoms with E-state index < -0.39 is 0 Å². The molecule has 0 bridgehead atoms. The fourth-order valence-electron chi connectivity index (χ4n) is 1.68. The van der Waals surface area contributed by atoms with Gasteiger partial charge in [-0.3, -0.25) is 4.90 Å². The monoisotopic (exact) mass is 265 g/mol. The lowest BCUT2D eigenvalue weighted by molar-refractivity contribution is 0.296. The van der Waals surface area contributed by atoms with Gasteiger partial charge in [0.05, 0.1) is 12.2 Å². The lowest BCUT2D eigenvalue weighted by atomic mass is 10.3. The molecule has 1 aromatic rings. The number of nitrogens with one attached hydrogen (secondary N) is 1. The van der Waals surface area contributed by atoms with Crippen molar-refractivity contribution in [3.8, 4) is 12.3 Å². The number of rotatable bonds is 8. The molecule has 3 nitrogen and oxygen atoms in total. The minimum absolute atomic E-state index is 0.496. The maximum atomic E-state index is 5.38. The van der Waals surface area contributed by atoms with Crippen LogP contribution < -0.4 is 5.32 Å². The highest BCUT2D eigenvalue weighted by atomic mass is 32.1. The highest BCUT2D eigenvalue weighted by molar-refractivity contribution is 7.09. The summed E-state index contributed by atoms with van der Waals surface area (Å²) in [6, 6.07) is 0.496. The van der Waals surface area contributed by atoms with E-state index in [1.54, 1.807) is 11.3 Å². The molecule has 0 aliphatic heterocycles. The van der Waals surface area contributed by atoms with Gasteiger partial charge in [-0.15, -0.1) is 17.8 Å². The Hall–Kier alpha value is -0.890. The fourth-order valence-corrected chi connectivity index (χ4v) is 2.42.